The summed E-state index contributed by atoms with van der Waals surface area (Å²) in [7, 11) is 1.63. The van der Waals surface area contributed by atoms with Gasteiger partial charge in [-0.25, -0.2) is 14.1 Å². The number of carbonyl (C=O) groups is 1. The molecule has 4 rings (SSSR count). The molecule has 0 aliphatic carbocycles. The van der Waals surface area contributed by atoms with Crippen molar-refractivity contribution in [3.8, 4) is 5.75 Å². The Balaban J connectivity index is 1.45. The number of rotatable bonds is 8. The van der Waals surface area contributed by atoms with Crippen LogP contribution in [0.25, 0.3) is 0 Å². The van der Waals surface area contributed by atoms with Gasteiger partial charge in [-0.05, 0) is 40.3 Å². The van der Waals surface area contributed by atoms with Gasteiger partial charge in [0.25, 0.3) is 0 Å². The number of methoxy groups -OCH3 is 1. The Hall–Kier alpha value is -3.31. The van der Waals surface area contributed by atoms with Crippen molar-refractivity contribution in [1.82, 2.24) is 25.2 Å². The van der Waals surface area contributed by atoms with Gasteiger partial charge in [0.2, 0.25) is 11.1 Å². The molecule has 4 aromatic rings. The molecule has 2 heterocycles. The van der Waals surface area contributed by atoms with Gasteiger partial charge in [-0.3, -0.25) is 9.69 Å². The van der Waals surface area contributed by atoms with E-state index in [1.54, 1.807) is 30.0 Å². The molecule has 0 atom stereocenters. The van der Waals surface area contributed by atoms with Gasteiger partial charge in [0.15, 0.2) is 5.13 Å². The molecule has 11 heteroatoms. The first-order valence-corrected chi connectivity index (χ1v) is 11.4. The summed E-state index contributed by atoms with van der Waals surface area (Å²) in [6, 6.07) is 13.8. The quantitative estimate of drug-likeness (QED) is 0.355. The lowest BCUT2D eigenvalue weighted by Crippen LogP contribution is -2.23. The highest BCUT2D eigenvalue weighted by atomic mass is 32.2. The summed E-state index contributed by atoms with van der Waals surface area (Å²) in [5, 5.41) is 14.8. The first-order chi connectivity index (χ1) is 15.5. The molecule has 1 amide bonds. The summed E-state index contributed by atoms with van der Waals surface area (Å²) in [4.78, 5) is 18.0. The Morgan fingerprint density at radius 2 is 2.00 bits per heavy atom. The minimum absolute atomic E-state index is 0.178. The van der Waals surface area contributed by atoms with Crippen molar-refractivity contribution >= 4 is 39.8 Å². The van der Waals surface area contributed by atoms with Gasteiger partial charge in [-0.1, -0.05) is 36.0 Å². The predicted octanol–water partition coefficient (Wildman–Crippen LogP) is 4.30. The number of anilines is 2. The van der Waals surface area contributed by atoms with E-state index in [4.69, 9.17) is 4.74 Å². The minimum atomic E-state index is -0.480. The fourth-order valence-corrected chi connectivity index (χ4v) is 4.70. The number of benzene rings is 2. The molecular weight excluding hydrogens is 451 g/mol. The number of aromatic nitrogens is 5. The van der Waals surface area contributed by atoms with Crippen LogP contribution in [0.5, 0.6) is 5.75 Å². The van der Waals surface area contributed by atoms with Gasteiger partial charge in [0, 0.05) is 18.1 Å². The molecule has 0 saturated heterocycles. The summed E-state index contributed by atoms with van der Waals surface area (Å²) in [5.74, 6) is 0.496. The van der Waals surface area contributed by atoms with E-state index in [0.717, 1.165) is 17.0 Å². The van der Waals surface area contributed by atoms with E-state index in [1.807, 2.05) is 29.6 Å². The van der Waals surface area contributed by atoms with E-state index < -0.39 is 5.82 Å². The van der Waals surface area contributed by atoms with Crippen molar-refractivity contribution in [1.29, 1.82) is 0 Å². The standard InChI is InChI=1S/C21H19FN6O2S2/c1-14(29)28(19-6-4-3-5-18(19)22)20-23-16(12-31-20)13-32-21-24-25-26-27(21)11-15-7-9-17(30-2)10-8-15/h3-10,12H,11,13H2,1-2H3. The van der Waals surface area contributed by atoms with Gasteiger partial charge >= 0.3 is 0 Å². The number of hydrogen-bond acceptors (Lipinski definition) is 8. The zero-order valence-corrected chi connectivity index (χ0v) is 18.9. The Bertz CT molecular complexity index is 1210. The van der Waals surface area contributed by atoms with Crippen molar-refractivity contribution in [2.24, 2.45) is 0 Å². The molecule has 164 valence electrons. The molecule has 2 aromatic carbocycles. The second kappa shape index (κ2) is 9.88. The highest BCUT2D eigenvalue weighted by Gasteiger charge is 2.21. The third-order valence-corrected chi connectivity index (χ3v) is 6.34. The van der Waals surface area contributed by atoms with E-state index in [2.05, 4.69) is 20.5 Å². The second-order valence-electron chi connectivity index (χ2n) is 6.68. The van der Waals surface area contributed by atoms with E-state index >= 15 is 0 Å². The normalized spacial score (nSPS) is 10.8. The third-order valence-electron chi connectivity index (χ3n) is 4.48. The largest absolute Gasteiger partial charge is 0.497 e. The molecule has 0 unspecified atom stereocenters. The van der Waals surface area contributed by atoms with Crippen LogP contribution >= 0.6 is 23.1 Å². The molecular formula is C21H19FN6O2S2. The number of thiazole rings is 1. The third kappa shape index (κ3) is 4.94. The summed E-state index contributed by atoms with van der Waals surface area (Å²) in [6.07, 6.45) is 0. The number of carbonyl (C=O) groups excluding carboxylic acids is 1. The summed E-state index contributed by atoms with van der Waals surface area (Å²) in [6.45, 7) is 1.91. The number of amides is 1. The first-order valence-electron chi connectivity index (χ1n) is 9.56. The van der Waals surface area contributed by atoms with Gasteiger partial charge < -0.3 is 4.74 Å². The van der Waals surface area contributed by atoms with E-state index in [9.17, 15) is 9.18 Å². The molecule has 0 saturated carbocycles. The maximum atomic E-state index is 14.2. The van der Waals surface area contributed by atoms with E-state index in [1.165, 1.54) is 41.0 Å². The summed E-state index contributed by atoms with van der Waals surface area (Å²) < 4.78 is 21.1. The number of ether oxygens (including phenoxy) is 1. The molecule has 0 spiro atoms. The Morgan fingerprint density at radius 1 is 1.22 bits per heavy atom. The monoisotopic (exact) mass is 470 g/mol. The van der Waals surface area contributed by atoms with Gasteiger partial charge in [-0.15, -0.1) is 16.4 Å². The zero-order chi connectivity index (χ0) is 22.5. The maximum Gasteiger partial charge on any atom is 0.230 e. The second-order valence-corrected chi connectivity index (χ2v) is 8.46. The van der Waals surface area contributed by atoms with Crippen LogP contribution in [0.1, 0.15) is 18.2 Å². The van der Waals surface area contributed by atoms with Crippen LogP contribution in [0, 0.1) is 5.82 Å². The van der Waals surface area contributed by atoms with E-state index in [-0.39, 0.29) is 11.6 Å². The highest BCUT2D eigenvalue weighted by Crippen LogP contribution is 2.32. The van der Waals surface area contributed by atoms with Crippen LogP contribution in [-0.4, -0.2) is 38.2 Å². The van der Waals surface area contributed by atoms with Crippen LogP contribution in [-0.2, 0) is 17.1 Å². The Kier molecular flexibility index (Phi) is 6.76. The van der Waals surface area contributed by atoms with Crippen molar-refractivity contribution in [2.75, 3.05) is 12.0 Å². The number of nitrogens with zero attached hydrogens (tertiary/aromatic N) is 6. The Labute approximate surface area is 192 Å². The fraction of sp³-hybridized carbons (Fsp3) is 0.190. The fourth-order valence-electron chi connectivity index (χ4n) is 2.95. The SMILES string of the molecule is COc1ccc(Cn2nnnc2SCc2csc(N(C(C)=O)c3ccccc3F)n2)cc1. The molecule has 0 bridgehead atoms. The lowest BCUT2D eigenvalue weighted by atomic mass is 10.2. The number of halogens is 1. The van der Waals surface area contributed by atoms with Crippen molar-refractivity contribution in [2.45, 2.75) is 24.4 Å². The van der Waals surface area contributed by atoms with Crippen LogP contribution in [0.2, 0.25) is 0 Å². The number of para-hydroxylation sites is 1. The smallest absolute Gasteiger partial charge is 0.230 e. The average molecular weight is 471 g/mol. The molecule has 8 nitrogen and oxygen atoms in total. The number of hydrogen-bond donors (Lipinski definition) is 0. The first kappa shape index (κ1) is 21.9. The van der Waals surface area contributed by atoms with Gasteiger partial charge in [0.05, 0.1) is 25.0 Å². The molecule has 0 N–H and O–H groups in total. The van der Waals surface area contributed by atoms with Gasteiger partial charge in [0.1, 0.15) is 11.6 Å². The number of tetrazole rings is 1. The predicted molar refractivity (Wildman–Crippen MR) is 121 cm³/mol. The van der Waals surface area contributed by atoms with E-state index in [0.29, 0.717) is 22.6 Å². The molecule has 0 aliphatic heterocycles. The molecule has 0 fully saturated rings. The summed E-state index contributed by atoms with van der Waals surface area (Å²) >= 11 is 2.72. The zero-order valence-electron chi connectivity index (χ0n) is 17.3. The van der Waals surface area contributed by atoms with Crippen LogP contribution in [0.3, 0.4) is 0 Å². The molecule has 2 aromatic heterocycles. The highest BCUT2D eigenvalue weighted by molar-refractivity contribution is 7.98. The minimum Gasteiger partial charge on any atom is -0.497 e. The van der Waals surface area contributed by atoms with Gasteiger partial charge in [-0.2, -0.15) is 0 Å². The Morgan fingerprint density at radius 3 is 2.72 bits per heavy atom. The number of thioether (sulfide) groups is 1. The molecule has 0 aliphatic rings. The van der Waals surface area contributed by atoms with Crippen molar-refractivity contribution < 1.29 is 13.9 Å². The van der Waals surface area contributed by atoms with Crippen molar-refractivity contribution in [3.05, 3.63) is 71.0 Å². The molecule has 32 heavy (non-hydrogen) atoms. The lowest BCUT2D eigenvalue weighted by molar-refractivity contribution is -0.115. The lowest BCUT2D eigenvalue weighted by Gasteiger charge is -2.18. The van der Waals surface area contributed by atoms with Crippen LogP contribution < -0.4 is 9.64 Å². The topological polar surface area (TPSA) is 86.0 Å². The maximum absolute atomic E-state index is 14.2. The van der Waals surface area contributed by atoms with Crippen molar-refractivity contribution in [3.63, 3.8) is 0 Å². The average Bonchev–Trinajstić information content (AvgIpc) is 3.43. The summed E-state index contributed by atoms with van der Waals surface area (Å²) in [5.41, 5.74) is 1.96. The van der Waals surface area contributed by atoms with Crippen LogP contribution in [0.4, 0.5) is 15.2 Å². The molecule has 0 radical (unpaired) electrons. The van der Waals surface area contributed by atoms with Crippen LogP contribution in [0.15, 0.2) is 59.1 Å².